The molecule has 0 aliphatic carbocycles. The summed E-state index contributed by atoms with van der Waals surface area (Å²) in [6.07, 6.45) is 1.51. The van der Waals surface area contributed by atoms with Gasteiger partial charge in [-0.1, -0.05) is 24.3 Å². The quantitative estimate of drug-likeness (QED) is 0.759. The molecule has 132 valence electrons. The summed E-state index contributed by atoms with van der Waals surface area (Å²) in [7, 11) is 0. The molecule has 0 radical (unpaired) electrons. The first-order valence-electron chi connectivity index (χ1n) is 8.78. The summed E-state index contributed by atoms with van der Waals surface area (Å²) in [5.74, 6) is 0.604. The normalized spacial score (nSPS) is 15.4. The summed E-state index contributed by atoms with van der Waals surface area (Å²) < 4.78 is 0. The molecule has 26 heavy (non-hydrogen) atoms. The topological polar surface area (TPSA) is 78.1 Å². The third kappa shape index (κ3) is 3.06. The Bertz CT molecular complexity index is 1030. The largest absolute Gasteiger partial charge is 0.349 e. The maximum Gasteiger partial charge on any atom is 0.260 e. The fourth-order valence-corrected chi connectivity index (χ4v) is 3.33. The number of H-pyrrole nitrogens is 1. The van der Waals surface area contributed by atoms with Gasteiger partial charge in [0.25, 0.3) is 5.56 Å². The summed E-state index contributed by atoms with van der Waals surface area (Å²) in [6, 6.07) is 15.1. The zero-order valence-electron chi connectivity index (χ0n) is 14.5. The van der Waals surface area contributed by atoms with Gasteiger partial charge >= 0.3 is 0 Å². The molecule has 1 aromatic heterocycles. The summed E-state index contributed by atoms with van der Waals surface area (Å²) in [6.45, 7) is 2.77. The first-order chi connectivity index (χ1) is 12.6. The molecule has 0 bridgehead atoms. The molecule has 1 fully saturated rings. The Balaban J connectivity index is 1.59. The summed E-state index contributed by atoms with van der Waals surface area (Å²) >= 11 is 0. The second-order valence-electron chi connectivity index (χ2n) is 6.54. The number of carbonyl (C=O) groups is 1. The molecule has 3 aromatic rings. The van der Waals surface area contributed by atoms with Crippen molar-refractivity contribution in [3.63, 3.8) is 0 Å². The van der Waals surface area contributed by atoms with Gasteiger partial charge in [0.15, 0.2) is 0 Å². The lowest BCUT2D eigenvalue weighted by Crippen LogP contribution is -2.24. The number of hydrogen-bond donors (Lipinski definition) is 2. The van der Waals surface area contributed by atoms with Gasteiger partial charge in [0, 0.05) is 18.7 Å². The Morgan fingerprint density at radius 1 is 1.15 bits per heavy atom. The number of benzene rings is 2. The van der Waals surface area contributed by atoms with Crippen molar-refractivity contribution >= 4 is 28.4 Å². The average molecular weight is 348 g/mol. The Hall–Kier alpha value is -3.15. The molecule has 2 heterocycles. The van der Waals surface area contributed by atoms with Crippen molar-refractivity contribution in [3.05, 3.63) is 64.4 Å². The highest BCUT2D eigenvalue weighted by Crippen LogP contribution is 2.26. The molecular weight excluding hydrogens is 328 g/mol. The molecule has 6 heteroatoms. The van der Waals surface area contributed by atoms with Crippen molar-refractivity contribution in [3.8, 4) is 0 Å². The summed E-state index contributed by atoms with van der Waals surface area (Å²) in [5, 5.41) is 3.82. The highest BCUT2D eigenvalue weighted by atomic mass is 16.2. The monoisotopic (exact) mass is 348 g/mol. The minimum atomic E-state index is -0.165. The van der Waals surface area contributed by atoms with Crippen LogP contribution in [0.25, 0.3) is 10.9 Å². The van der Waals surface area contributed by atoms with Crippen LogP contribution in [-0.4, -0.2) is 22.4 Å². The van der Waals surface area contributed by atoms with Gasteiger partial charge < -0.3 is 10.2 Å². The van der Waals surface area contributed by atoms with Crippen LogP contribution >= 0.6 is 0 Å². The summed E-state index contributed by atoms with van der Waals surface area (Å²) in [4.78, 5) is 33.3. The second kappa shape index (κ2) is 6.63. The highest BCUT2D eigenvalue weighted by molar-refractivity contribution is 5.95. The van der Waals surface area contributed by atoms with Crippen LogP contribution in [0.1, 0.15) is 31.4 Å². The van der Waals surface area contributed by atoms with Crippen LogP contribution in [0.15, 0.2) is 53.3 Å². The zero-order valence-corrected chi connectivity index (χ0v) is 14.5. The van der Waals surface area contributed by atoms with Crippen LogP contribution in [0.3, 0.4) is 0 Å². The van der Waals surface area contributed by atoms with E-state index in [1.54, 1.807) is 6.07 Å². The standard InChI is InChI=1S/C20H20N4O2/c1-13(14-6-4-7-15(12-14)24-11-5-10-18(24)25)21-20-22-17-9-3-2-8-16(17)19(26)23-20/h2-4,6-9,12-13H,5,10-11H2,1H3,(H2,21,22,23,26). The van der Waals surface area contributed by atoms with E-state index in [0.717, 1.165) is 24.2 Å². The molecule has 1 atom stereocenters. The maximum atomic E-state index is 12.2. The van der Waals surface area contributed by atoms with E-state index >= 15 is 0 Å². The zero-order chi connectivity index (χ0) is 18.1. The number of carbonyl (C=O) groups excluding carboxylic acids is 1. The van der Waals surface area contributed by atoms with E-state index in [-0.39, 0.29) is 17.5 Å². The molecule has 0 saturated carbocycles. The first kappa shape index (κ1) is 16.3. The molecule has 1 amide bonds. The van der Waals surface area contributed by atoms with E-state index in [1.807, 2.05) is 54.3 Å². The smallest absolute Gasteiger partial charge is 0.260 e. The van der Waals surface area contributed by atoms with Crippen LogP contribution < -0.4 is 15.8 Å². The predicted octanol–water partition coefficient (Wildman–Crippen LogP) is 3.22. The fraction of sp³-hybridized carbons (Fsp3) is 0.250. The van der Waals surface area contributed by atoms with Gasteiger partial charge in [-0.2, -0.15) is 0 Å². The van der Waals surface area contributed by atoms with Crippen molar-refractivity contribution in [2.45, 2.75) is 25.8 Å². The summed E-state index contributed by atoms with van der Waals surface area (Å²) in [5.41, 5.74) is 2.43. The number of aromatic amines is 1. The van der Waals surface area contributed by atoms with E-state index < -0.39 is 0 Å². The lowest BCUT2D eigenvalue weighted by molar-refractivity contribution is -0.117. The van der Waals surface area contributed by atoms with Crippen LogP contribution in [0.2, 0.25) is 0 Å². The predicted molar refractivity (Wildman–Crippen MR) is 102 cm³/mol. The fourth-order valence-electron chi connectivity index (χ4n) is 3.33. The van der Waals surface area contributed by atoms with Gasteiger partial charge in [0.2, 0.25) is 11.9 Å². The molecule has 0 spiro atoms. The Labute approximate surface area is 150 Å². The van der Waals surface area contributed by atoms with E-state index in [1.165, 1.54) is 0 Å². The van der Waals surface area contributed by atoms with Crippen LogP contribution in [-0.2, 0) is 4.79 Å². The number of anilines is 2. The highest BCUT2D eigenvalue weighted by Gasteiger charge is 2.22. The molecule has 1 aliphatic heterocycles. The van der Waals surface area contributed by atoms with E-state index in [2.05, 4.69) is 15.3 Å². The minimum absolute atomic E-state index is 0.0723. The SMILES string of the molecule is CC(Nc1nc2ccccc2c(=O)[nH]1)c1cccc(N2CCCC2=O)c1. The lowest BCUT2D eigenvalue weighted by Gasteiger charge is -2.19. The van der Waals surface area contributed by atoms with Gasteiger partial charge in [0.1, 0.15) is 0 Å². The maximum absolute atomic E-state index is 12.2. The molecule has 4 rings (SSSR count). The number of para-hydroxylation sites is 1. The molecule has 2 aromatic carbocycles. The Kier molecular flexibility index (Phi) is 4.16. The molecule has 1 unspecified atom stereocenters. The van der Waals surface area contributed by atoms with E-state index in [4.69, 9.17) is 0 Å². The van der Waals surface area contributed by atoms with Gasteiger partial charge in [-0.25, -0.2) is 4.98 Å². The Morgan fingerprint density at radius 2 is 2.00 bits per heavy atom. The van der Waals surface area contributed by atoms with E-state index in [9.17, 15) is 9.59 Å². The van der Waals surface area contributed by atoms with Crippen molar-refractivity contribution in [1.82, 2.24) is 9.97 Å². The third-order valence-electron chi connectivity index (χ3n) is 4.72. The second-order valence-corrected chi connectivity index (χ2v) is 6.54. The number of fused-ring (bicyclic) bond motifs is 1. The number of aromatic nitrogens is 2. The van der Waals surface area contributed by atoms with Gasteiger partial charge in [0.05, 0.1) is 16.9 Å². The molecule has 6 nitrogen and oxygen atoms in total. The number of nitrogens with one attached hydrogen (secondary N) is 2. The lowest BCUT2D eigenvalue weighted by atomic mass is 10.1. The van der Waals surface area contributed by atoms with Gasteiger partial charge in [-0.15, -0.1) is 0 Å². The van der Waals surface area contributed by atoms with Crippen LogP contribution in [0.5, 0.6) is 0 Å². The molecule has 2 N–H and O–H groups in total. The van der Waals surface area contributed by atoms with E-state index in [0.29, 0.717) is 23.3 Å². The average Bonchev–Trinajstić information content (AvgIpc) is 3.08. The first-order valence-corrected chi connectivity index (χ1v) is 8.78. The van der Waals surface area contributed by atoms with Crippen molar-refractivity contribution in [1.29, 1.82) is 0 Å². The van der Waals surface area contributed by atoms with Crippen molar-refractivity contribution in [2.24, 2.45) is 0 Å². The number of rotatable bonds is 4. The van der Waals surface area contributed by atoms with Gasteiger partial charge in [-0.3, -0.25) is 14.6 Å². The minimum Gasteiger partial charge on any atom is -0.349 e. The van der Waals surface area contributed by atoms with Crippen LogP contribution in [0.4, 0.5) is 11.6 Å². The van der Waals surface area contributed by atoms with Gasteiger partial charge in [-0.05, 0) is 43.2 Å². The van der Waals surface area contributed by atoms with Crippen LogP contribution in [0, 0.1) is 0 Å². The molecule has 1 aliphatic rings. The van der Waals surface area contributed by atoms with Crippen molar-refractivity contribution < 1.29 is 4.79 Å². The molecular formula is C20H20N4O2. The number of hydrogen-bond acceptors (Lipinski definition) is 4. The van der Waals surface area contributed by atoms with Crippen molar-refractivity contribution in [2.75, 3.05) is 16.8 Å². The third-order valence-corrected chi connectivity index (χ3v) is 4.72. The number of amides is 1. The molecule has 1 saturated heterocycles. The number of nitrogens with zero attached hydrogens (tertiary/aromatic N) is 2. The Morgan fingerprint density at radius 3 is 2.81 bits per heavy atom.